The van der Waals surface area contributed by atoms with Crippen molar-refractivity contribution in [1.82, 2.24) is 10.7 Å². The summed E-state index contributed by atoms with van der Waals surface area (Å²) in [5, 5.41) is 14.1. The first-order valence-corrected chi connectivity index (χ1v) is 7.43. The molecule has 2 aromatic rings. The zero-order valence-corrected chi connectivity index (χ0v) is 13.4. The Hall–Kier alpha value is -3.13. The maximum absolute atomic E-state index is 11.7. The third kappa shape index (κ3) is 5.58. The monoisotopic (exact) mass is 344 g/mol. The Bertz CT molecular complexity index is 720. The van der Waals surface area contributed by atoms with Crippen molar-refractivity contribution in [3.8, 4) is 0 Å². The zero-order valence-electron chi connectivity index (χ0n) is 12.6. The van der Waals surface area contributed by atoms with E-state index < -0.39 is 18.4 Å². The number of hydrazine groups is 1. The molecule has 0 aromatic heterocycles. The van der Waals surface area contributed by atoms with E-state index in [-0.39, 0.29) is 0 Å². The molecule has 0 aliphatic carbocycles. The van der Waals surface area contributed by atoms with Gasteiger partial charge in [0, 0.05) is 11.3 Å². The number of hydrogen-bond donors (Lipinski definition) is 5. The number of rotatable bonds is 6. The van der Waals surface area contributed by atoms with Crippen LogP contribution >= 0.6 is 12.2 Å². The minimum Gasteiger partial charge on any atom is -0.480 e. The Morgan fingerprint density at radius 2 is 1.62 bits per heavy atom. The van der Waals surface area contributed by atoms with Crippen molar-refractivity contribution in [3.63, 3.8) is 0 Å². The summed E-state index contributed by atoms with van der Waals surface area (Å²) in [6.07, 6.45) is 0. The summed E-state index contributed by atoms with van der Waals surface area (Å²) in [5.74, 6) is -1.54. The molecular weight excluding hydrogens is 328 g/mol. The Kier molecular flexibility index (Phi) is 6.09. The van der Waals surface area contributed by atoms with Crippen molar-refractivity contribution >= 4 is 40.6 Å². The third-order valence-electron chi connectivity index (χ3n) is 2.90. The van der Waals surface area contributed by atoms with Gasteiger partial charge in [-0.2, -0.15) is 0 Å². The van der Waals surface area contributed by atoms with Gasteiger partial charge in [0.05, 0.1) is 5.69 Å². The van der Waals surface area contributed by atoms with E-state index in [1.807, 2.05) is 30.3 Å². The van der Waals surface area contributed by atoms with Gasteiger partial charge in [0.25, 0.3) is 5.91 Å². The molecule has 0 radical (unpaired) electrons. The van der Waals surface area contributed by atoms with Crippen LogP contribution in [0.3, 0.4) is 0 Å². The third-order valence-corrected chi connectivity index (χ3v) is 3.10. The topological polar surface area (TPSA) is 102 Å². The van der Waals surface area contributed by atoms with Crippen LogP contribution in [0.5, 0.6) is 0 Å². The van der Waals surface area contributed by atoms with Gasteiger partial charge in [0.1, 0.15) is 6.54 Å². The van der Waals surface area contributed by atoms with Crippen LogP contribution in [0.2, 0.25) is 0 Å². The van der Waals surface area contributed by atoms with Crippen molar-refractivity contribution in [2.24, 2.45) is 0 Å². The first-order valence-electron chi connectivity index (χ1n) is 7.03. The molecule has 124 valence electrons. The fraction of sp³-hybridized carbons (Fsp3) is 0.0625. The lowest BCUT2D eigenvalue weighted by atomic mass is 10.2. The quantitative estimate of drug-likeness (QED) is 0.402. The second kappa shape index (κ2) is 8.49. The summed E-state index contributed by atoms with van der Waals surface area (Å²) in [5.41, 5.74) is 7.71. The van der Waals surface area contributed by atoms with Gasteiger partial charge in [-0.1, -0.05) is 18.2 Å². The molecule has 0 heterocycles. The van der Waals surface area contributed by atoms with Gasteiger partial charge in [-0.15, -0.1) is 0 Å². The molecule has 0 unspecified atom stereocenters. The number of carboxylic acid groups (broad SMARTS) is 1. The fourth-order valence-electron chi connectivity index (χ4n) is 1.78. The maximum Gasteiger partial charge on any atom is 0.322 e. The molecule has 2 rings (SSSR count). The number of carboxylic acids is 1. The second-order valence-electron chi connectivity index (χ2n) is 4.72. The summed E-state index contributed by atoms with van der Waals surface area (Å²) in [6, 6.07) is 16.0. The highest BCUT2D eigenvalue weighted by atomic mass is 32.1. The molecule has 5 N–H and O–H groups in total. The average molecular weight is 344 g/mol. The summed E-state index contributed by atoms with van der Waals surface area (Å²) in [6.45, 7) is -0.419. The van der Waals surface area contributed by atoms with E-state index in [9.17, 15) is 9.59 Å². The molecule has 24 heavy (non-hydrogen) atoms. The largest absolute Gasteiger partial charge is 0.480 e. The molecule has 0 spiro atoms. The number of carbonyl (C=O) groups excluding carboxylic acids is 1. The summed E-state index contributed by atoms with van der Waals surface area (Å²) < 4.78 is 0. The Labute approximate surface area is 144 Å². The van der Waals surface area contributed by atoms with Gasteiger partial charge in [-0.3, -0.25) is 20.4 Å². The molecule has 0 saturated heterocycles. The predicted octanol–water partition coefficient (Wildman–Crippen LogP) is 1.81. The lowest BCUT2D eigenvalue weighted by Gasteiger charge is -2.12. The molecule has 0 saturated carbocycles. The van der Waals surface area contributed by atoms with Gasteiger partial charge in [0.2, 0.25) is 0 Å². The SMILES string of the molecule is O=C(O)CNC(=O)c1ccc(NC(=S)NNc2ccccc2)cc1. The minimum atomic E-state index is -1.09. The first-order chi connectivity index (χ1) is 11.5. The number of hydrogen-bond acceptors (Lipinski definition) is 4. The van der Waals surface area contributed by atoms with Crippen molar-refractivity contribution in [2.45, 2.75) is 0 Å². The highest BCUT2D eigenvalue weighted by Gasteiger charge is 2.07. The molecule has 0 aliphatic rings. The Morgan fingerprint density at radius 1 is 0.958 bits per heavy atom. The van der Waals surface area contributed by atoms with E-state index in [1.165, 1.54) is 0 Å². The molecule has 0 atom stereocenters. The van der Waals surface area contributed by atoms with Crippen LogP contribution in [-0.4, -0.2) is 28.6 Å². The number of anilines is 2. The first kappa shape index (κ1) is 17.2. The number of carbonyl (C=O) groups is 2. The predicted molar refractivity (Wildman–Crippen MR) is 95.8 cm³/mol. The van der Waals surface area contributed by atoms with Gasteiger partial charge in [0.15, 0.2) is 5.11 Å². The van der Waals surface area contributed by atoms with E-state index in [0.717, 1.165) is 5.69 Å². The van der Waals surface area contributed by atoms with Gasteiger partial charge >= 0.3 is 5.97 Å². The summed E-state index contributed by atoms with van der Waals surface area (Å²) in [4.78, 5) is 22.1. The van der Waals surface area contributed by atoms with E-state index in [0.29, 0.717) is 16.4 Å². The molecule has 0 bridgehead atoms. The number of para-hydroxylation sites is 1. The normalized spacial score (nSPS) is 9.67. The number of nitrogens with one attached hydrogen (secondary N) is 4. The number of benzene rings is 2. The molecule has 7 nitrogen and oxygen atoms in total. The zero-order chi connectivity index (χ0) is 17.4. The molecule has 1 amide bonds. The van der Waals surface area contributed by atoms with Crippen LogP contribution in [-0.2, 0) is 4.79 Å². The van der Waals surface area contributed by atoms with E-state index in [1.54, 1.807) is 24.3 Å². The molecule has 2 aromatic carbocycles. The van der Waals surface area contributed by atoms with E-state index in [4.69, 9.17) is 17.3 Å². The number of aliphatic carboxylic acids is 1. The summed E-state index contributed by atoms with van der Waals surface area (Å²) >= 11 is 5.16. The van der Waals surface area contributed by atoms with Crippen LogP contribution in [0, 0.1) is 0 Å². The minimum absolute atomic E-state index is 0.363. The second-order valence-corrected chi connectivity index (χ2v) is 5.13. The van der Waals surface area contributed by atoms with Crippen LogP contribution < -0.4 is 21.5 Å². The van der Waals surface area contributed by atoms with Crippen LogP contribution in [0.25, 0.3) is 0 Å². The Balaban J connectivity index is 1.83. The van der Waals surface area contributed by atoms with Crippen LogP contribution in [0.1, 0.15) is 10.4 Å². The Morgan fingerprint density at radius 3 is 2.25 bits per heavy atom. The fourth-order valence-corrected chi connectivity index (χ4v) is 1.94. The van der Waals surface area contributed by atoms with Crippen molar-refractivity contribution in [1.29, 1.82) is 0 Å². The lowest BCUT2D eigenvalue weighted by Crippen LogP contribution is -2.33. The van der Waals surface area contributed by atoms with E-state index >= 15 is 0 Å². The van der Waals surface area contributed by atoms with Crippen molar-refractivity contribution in [2.75, 3.05) is 17.3 Å². The van der Waals surface area contributed by atoms with Gasteiger partial charge in [-0.05, 0) is 48.6 Å². The van der Waals surface area contributed by atoms with Crippen molar-refractivity contribution in [3.05, 3.63) is 60.2 Å². The summed E-state index contributed by atoms with van der Waals surface area (Å²) in [7, 11) is 0. The average Bonchev–Trinajstić information content (AvgIpc) is 2.59. The van der Waals surface area contributed by atoms with Gasteiger partial charge < -0.3 is 15.7 Å². The molecular formula is C16H16N4O3S. The van der Waals surface area contributed by atoms with Gasteiger partial charge in [-0.25, -0.2) is 0 Å². The van der Waals surface area contributed by atoms with Crippen LogP contribution in [0.4, 0.5) is 11.4 Å². The standard InChI is InChI=1S/C16H16N4O3S/c21-14(22)10-17-15(23)11-6-8-12(9-7-11)18-16(24)20-19-13-4-2-1-3-5-13/h1-9,19H,10H2,(H,17,23)(H,21,22)(H2,18,20,24). The molecule has 0 fully saturated rings. The number of amides is 1. The van der Waals surface area contributed by atoms with Crippen molar-refractivity contribution < 1.29 is 14.7 Å². The smallest absolute Gasteiger partial charge is 0.322 e. The highest BCUT2D eigenvalue weighted by molar-refractivity contribution is 7.80. The molecule has 0 aliphatic heterocycles. The molecule has 8 heteroatoms. The number of thiocarbonyl (C=S) groups is 1. The van der Waals surface area contributed by atoms with E-state index in [2.05, 4.69) is 21.5 Å². The maximum atomic E-state index is 11.7. The lowest BCUT2D eigenvalue weighted by molar-refractivity contribution is -0.135. The van der Waals surface area contributed by atoms with Crippen LogP contribution in [0.15, 0.2) is 54.6 Å². The highest BCUT2D eigenvalue weighted by Crippen LogP contribution is 2.09.